The van der Waals surface area contributed by atoms with E-state index in [2.05, 4.69) is 38.6 Å². The topological polar surface area (TPSA) is 64.6 Å². The van der Waals surface area contributed by atoms with Gasteiger partial charge in [-0.15, -0.1) is 0 Å². The minimum Gasteiger partial charge on any atom is -1.00 e. The van der Waals surface area contributed by atoms with Crippen LogP contribution < -0.4 is 38.8 Å². The third-order valence-electron chi connectivity index (χ3n) is 6.78. The highest BCUT2D eigenvalue weighted by Gasteiger charge is 2.31. The van der Waals surface area contributed by atoms with Crippen LogP contribution in [0.3, 0.4) is 0 Å². The van der Waals surface area contributed by atoms with Crippen molar-refractivity contribution in [3.63, 3.8) is 0 Å². The van der Waals surface area contributed by atoms with Gasteiger partial charge in [-0.1, -0.05) is 75.6 Å². The fourth-order valence-electron chi connectivity index (χ4n) is 4.40. The van der Waals surface area contributed by atoms with E-state index in [0.717, 1.165) is 44.9 Å². The van der Waals surface area contributed by atoms with Crippen LogP contribution in [0.5, 0.6) is 11.5 Å². The number of quaternary nitrogens is 1. The zero-order valence-electron chi connectivity index (χ0n) is 24.3. The molecule has 0 aliphatic heterocycles. The zero-order valence-corrected chi connectivity index (χ0v) is 26.4. The largest absolute Gasteiger partial charge is 1.00 e. The van der Waals surface area contributed by atoms with Crippen molar-refractivity contribution in [3.05, 3.63) is 95.8 Å². The maximum absolute atomic E-state index is 13.7. The smallest absolute Gasteiger partial charge is 0.346 e. The number of halogens is 2. The van der Waals surface area contributed by atoms with Gasteiger partial charge in [-0.3, -0.25) is 4.79 Å². The van der Waals surface area contributed by atoms with Crippen LogP contribution in [0.4, 0.5) is 4.39 Å². The SMILES string of the molecule is C.C[N+](C)(C)C(Cc1ccccc1)C(=O)NCCCCCCCCOc1ccc(OC(=O)c2ccccc2F)cc1.[I-]. The molecular weight excluding hydrogens is 646 g/mol. The van der Waals surface area contributed by atoms with Gasteiger partial charge in [-0.2, -0.15) is 0 Å². The Morgan fingerprint density at radius 3 is 2.00 bits per heavy atom. The van der Waals surface area contributed by atoms with E-state index in [-0.39, 0.29) is 48.9 Å². The Kier molecular flexibility index (Phi) is 17.0. The van der Waals surface area contributed by atoms with Crippen molar-refractivity contribution in [1.82, 2.24) is 5.32 Å². The molecule has 0 fully saturated rings. The van der Waals surface area contributed by atoms with Gasteiger partial charge >= 0.3 is 5.97 Å². The number of nitrogens with zero attached hydrogens (tertiary/aromatic N) is 1. The second kappa shape index (κ2) is 19.3. The summed E-state index contributed by atoms with van der Waals surface area (Å²) in [5, 5.41) is 3.15. The molecule has 0 aliphatic carbocycles. The Bertz CT molecular complexity index is 1200. The van der Waals surface area contributed by atoms with Crippen LogP contribution in [0.15, 0.2) is 78.9 Å². The molecule has 3 aromatic rings. The Hall–Kier alpha value is -2.98. The van der Waals surface area contributed by atoms with Gasteiger partial charge in [0, 0.05) is 13.0 Å². The third-order valence-corrected chi connectivity index (χ3v) is 6.78. The normalized spacial score (nSPS) is 11.4. The lowest BCUT2D eigenvalue weighted by Gasteiger charge is -2.33. The second-order valence-electron chi connectivity index (χ2n) is 10.9. The summed E-state index contributed by atoms with van der Waals surface area (Å²) in [4.78, 5) is 25.0. The van der Waals surface area contributed by atoms with E-state index in [1.165, 1.54) is 23.8 Å². The first-order chi connectivity index (χ1) is 19.2. The summed E-state index contributed by atoms with van der Waals surface area (Å²) in [6.45, 7) is 1.32. The minimum absolute atomic E-state index is 0. The van der Waals surface area contributed by atoms with E-state index in [4.69, 9.17) is 9.47 Å². The van der Waals surface area contributed by atoms with Gasteiger partial charge in [0.25, 0.3) is 5.91 Å². The summed E-state index contributed by atoms with van der Waals surface area (Å²) in [7, 11) is 6.21. The summed E-state index contributed by atoms with van der Waals surface area (Å²) in [6.07, 6.45) is 7.06. The average molecular weight is 693 g/mol. The Morgan fingerprint density at radius 2 is 1.36 bits per heavy atom. The first-order valence-electron chi connectivity index (χ1n) is 14.1. The van der Waals surface area contributed by atoms with Crippen molar-refractivity contribution >= 4 is 11.9 Å². The van der Waals surface area contributed by atoms with E-state index in [0.29, 0.717) is 29.1 Å². The molecule has 1 amide bonds. The summed E-state index contributed by atoms with van der Waals surface area (Å²) in [5.41, 5.74) is 1.08. The first-order valence-corrected chi connectivity index (χ1v) is 14.1. The lowest BCUT2D eigenvalue weighted by atomic mass is 10.0. The molecule has 42 heavy (non-hydrogen) atoms. The molecule has 1 N–H and O–H groups in total. The van der Waals surface area contributed by atoms with Crippen LogP contribution in [-0.2, 0) is 11.2 Å². The van der Waals surface area contributed by atoms with Crippen LogP contribution in [0, 0.1) is 5.82 Å². The Labute approximate surface area is 268 Å². The van der Waals surface area contributed by atoms with Gasteiger partial charge in [0.2, 0.25) is 0 Å². The van der Waals surface area contributed by atoms with Crippen molar-refractivity contribution in [3.8, 4) is 11.5 Å². The standard InChI is InChI=1S/C33H41FN2O4.CH4.HI/c1-36(2,3)31(25-26-15-9-8-10-16-26)32(37)35-23-13-6-4-5-7-14-24-39-27-19-21-28(22-20-27)40-33(38)29-17-11-12-18-30(29)34;;/h8-12,15-22,31H,4-7,13-14,23-25H2,1-3H3;1H4;1H. The van der Waals surface area contributed by atoms with Crippen molar-refractivity contribution in [2.24, 2.45) is 0 Å². The molecule has 230 valence electrons. The maximum Gasteiger partial charge on any atom is 0.346 e. The molecule has 0 heterocycles. The number of likely N-dealkylation sites (N-methyl/N-ethyl adjacent to an activating group) is 1. The number of hydrogen-bond donors (Lipinski definition) is 1. The van der Waals surface area contributed by atoms with E-state index in [1.807, 2.05) is 18.2 Å². The lowest BCUT2D eigenvalue weighted by Crippen LogP contribution is -3.00. The number of carbonyl (C=O) groups excluding carboxylic acids is 2. The van der Waals surface area contributed by atoms with Gasteiger partial charge in [0.15, 0.2) is 6.04 Å². The van der Waals surface area contributed by atoms with Crippen LogP contribution in [-0.4, -0.2) is 56.7 Å². The molecule has 0 radical (unpaired) electrons. The molecule has 0 aliphatic rings. The Morgan fingerprint density at radius 1 is 0.786 bits per heavy atom. The van der Waals surface area contributed by atoms with Crippen LogP contribution in [0.1, 0.15) is 61.9 Å². The fraction of sp³-hybridized carbons (Fsp3) is 0.412. The quantitative estimate of drug-likeness (QED) is 0.0816. The third kappa shape index (κ3) is 12.9. The highest BCUT2D eigenvalue weighted by molar-refractivity contribution is 5.91. The summed E-state index contributed by atoms with van der Waals surface area (Å²) in [6, 6.07) is 22.5. The van der Waals surface area contributed by atoms with E-state index in [9.17, 15) is 14.0 Å². The first kappa shape index (κ1) is 37.0. The van der Waals surface area contributed by atoms with E-state index < -0.39 is 11.8 Å². The van der Waals surface area contributed by atoms with Crippen molar-refractivity contribution < 1.29 is 51.9 Å². The summed E-state index contributed by atoms with van der Waals surface area (Å²) in [5.74, 6) is -0.195. The molecule has 0 saturated carbocycles. The van der Waals surface area contributed by atoms with Gasteiger partial charge in [-0.05, 0) is 54.8 Å². The molecule has 1 atom stereocenters. The lowest BCUT2D eigenvalue weighted by molar-refractivity contribution is -0.886. The molecular formula is C34H46FIN2O4. The number of rotatable bonds is 16. The number of unbranched alkanes of at least 4 members (excludes halogenated alkanes) is 5. The maximum atomic E-state index is 13.7. The molecule has 6 nitrogen and oxygen atoms in total. The molecule has 0 spiro atoms. The van der Waals surface area contributed by atoms with Crippen LogP contribution in [0.25, 0.3) is 0 Å². The molecule has 0 aromatic heterocycles. The number of nitrogens with one attached hydrogen (secondary N) is 1. The zero-order chi connectivity index (χ0) is 28.8. The molecule has 0 saturated heterocycles. The molecule has 3 aromatic carbocycles. The summed E-state index contributed by atoms with van der Waals surface area (Å²) >= 11 is 0. The van der Waals surface area contributed by atoms with Crippen molar-refractivity contribution in [2.45, 2.75) is 58.4 Å². The van der Waals surface area contributed by atoms with Gasteiger partial charge in [0.05, 0.1) is 33.3 Å². The number of amides is 1. The number of hydrogen-bond acceptors (Lipinski definition) is 4. The van der Waals surface area contributed by atoms with Gasteiger partial charge in [0.1, 0.15) is 17.3 Å². The molecule has 8 heteroatoms. The minimum atomic E-state index is -0.731. The van der Waals surface area contributed by atoms with Gasteiger partial charge in [-0.25, -0.2) is 9.18 Å². The predicted octanol–water partition coefficient (Wildman–Crippen LogP) is 3.84. The number of carbonyl (C=O) groups is 2. The van der Waals surface area contributed by atoms with Gasteiger partial charge < -0.3 is 43.3 Å². The van der Waals surface area contributed by atoms with Crippen LogP contribution in [0.2, 0.25) is 0 Å². The fourth-order valence-corrected chi connectivity index (χ4v) is 4.40. The highest BCUT2D eigenvalue weighted by Crippen LogP contribution is 2.20. The number of benzene rings is 3. The second-order valence-corrected chi connectivity index (χ2v) is 10.9. The Balaban J connectivity index is 0.00000441. The summed E-state index contributed by atoms with van der Waals surface area (Å²) < 4.78 is 25.3. The highest BCUT2D eigenvalue weighted by atomic mass is 127. The van der Waals surface area contributed by atoms with E-state index >= 15 is 0 Å². The number of esters is 1. The molecule has 3 rings (SSSR count). The number of ether oxygens (including phenoxy) is 2. The van der Waals surface area contributed by atoms with Crippen molar-refractivity contribution in [2.75, 3.05) is 34.3 Å². The predicted molar refractivity (Wildman–Crippen MR) is 163 cm³/mol. The van der Waals surface area contributed by atoms with Crippen molar-refractivity contribution in [1.29, 1.82) is 0 Å². The molecule has 1 unspecified atom stereocenters. The monoisotopic (exact) mass is 692 g/mol. The average Bonchev–Trinajstić information content (AvgIpc) is 2.93. The van der Waals surface area contributed by atoms with Crippen LogP contribution >= 0.6 is 0 Å². The molecule has 0 bridgehead atoms. The van der Waals surface area contributed by atoms with E-state index in [1.54, 1.807) is 30.3 Å².